The Morgan fingerprint density at radius 1 is 1.15 bits per heavy atom. The van der Waals surface area contributed by atoms with E-state index in [1.165, 1.54) is 0 Å². The summed E-state index contributed by atoms with van der Waals surface area (Å²) < 4.78 is 5.14. The summed E-state index contributed by atoms with van der Waals surface area (Å²) in [5.74, 6) is 0.351. The molecular weight excluding hydrogens is 260 g/mol. The molecule has 1 unspecified atom stereocenters. The van der Waals surface area contributed by atoms with Crippen LogP contribution in [0.5, 0.6) is 0 Å². The Hall–Kier alpha value is -1.30. The number of nitrogens with zero attached hydrogens (tertiary/aromatic N) is 2. The molecule has 2 rings (SSSR count). The number of likely N-dealkylation sites (tertiary alicyclic amines) is 1. The average Bonchev–Trinajstić information content (AvgIpc) is 2.46. The molecular formula is C14H24N2O4. The smallest absolute Gasteiger partial charge is 0.334 e. The molecule has 1 atom stereocenters. The van der Waals surface area contributed by atoms with Gasteiger partial charge in [-0.15, -0.1) is 0 Å². The second-order valence-electron chi connectivity index (χ2n) is 5.99. The summed E-state index contributed by atoms with van der Waals surface area (Å²) in [5, 5.41) is 8.97. The van der Waals surface area contributed by atoms with Crippen molar-refractivity contribution in [1.29, 1.82) is 0 Å². The third-order valence-electron chi connectivity index (χ3n) is 4.37. The standard InChI is InChI=1S/C14H24N2O4/c1-10(2)11-3-5-15(6-4-11)14(19)16-7-8-20-12(9-16)13(17)18/h10-12H,3-9H2,1-2H3,(H,17,18). The van der Waals surface area contributed by atoms with E-state index in [4.69, 9.17) is 9.84 Å². The number of morpholine rings is 1. The van der Waals surface area contributed by atoms with Crippen LogP contribution in [-0.4, -0.2) is 65.8 Å². The van der Waals surface area contributed by atoms with E-state index in [2.05, 4.69) is 13.8 Å². The van der Waals surface area contributed by atoms with Gasteiger partial charge >= 0.3 is 12.0 Å². The minimum Gasteiger partial charge on any atom is -0.479 e. The van der Waals surface area contributed by atoms with Crippen molar-refractivity contribution in [3.8, 4) is 0 Å². The van der Waals surface area contributed by atoms with Crippen LogP contribution in [0, 0.1) is 11.8 Å². The third-order valence-corrected chi connectivity index (χ3v) is 4.37. The van der Waals surface area contributed by atoms with Crippen LogP contribution >= 0.6 is 0 Å². The number of aliphatic carboxylic acids is 1. The van der Waals surface area contributed by atoms with Crippen molar-refractivity contribution >= 4 is 12.0 Å². The first kappa shape index (κ1) is 15.1. The van der Waals surface area contributed by atoms with Gasteiger partial charge < -0.3 is 19.6 Å². The Labute approximate surface area is 119 Å². The largest absolute Gasteiger partial charge is 0.479 e. The van der Waals surface area contributed by atoms with Crippen molar-refractivity contribution in [2.75, 3.05) is 32.8 Å². The van der Waals surface area contributed by atoms with Gasteiger partial charge in [-0.2, -0.15) is 0 Å². The molecule has 0 aromatic heterocycles. The molecule has 2 heterocycles. The maximum atomic E-state index is 12.4. The Bertz CT molecular complexity index is 364. The molecule has 114 valence electrons. The van der Waals surface area contributed by atoms with Crippen molar-refractivity contribution in [3.63, 3.8) is 0 Å². The predicted molar refractivity (Wildman–Crippen MR) is 73.5 cm³/mol. The van der Waals surface area contributed by atoms with Crippen molar-refractivity contribution in [3.05, 3.63) is 0 Å². The monoisotopic (exact) mass is 284 g/mol. The fraction of sp³-hybridized carbons (Fsp3) is 0.857. The Morgan fingerprint density at radius 3 is 2.35 bits per heavy atom. The lowest BCUT2D eigenvalue weighted by Gasteiger charge is -2.39. The SMILES string of the molecule is CC(C)C1CCN(C(=O)N2CCOC(C(=O)O)C2)CC1. The molecule has 2 fully saturated rings. The van der Waals surface area contributed by atoms with E-state index in [-0.39, 0.29) is 12.6 Å². The lowest BCUT2D eigenvalue weighted by molar-refractivity contribution is -0.154. The van der Waals surface area contributed by atoms with Gasteiger partial charge in [0.05, 0.1) is 13.2 Å². The lowest BCUT2D eigenvalue weighted by atomic mass is 9.87. The number of hydrogen-bond acceptors (Lipinski definition) is 3. The van der Waals surface area contributed by atoms with Gasteiger partial charge in [-0.3, -0.25) is 0 Å². The van der Waals surface area contributed by atoms with E-state index in [1.54, 1.807) is 4.90 Å². The quantitative estimate of drug-likeness (QED) is 0.828. The first-order valence-corrected chi connectivity index (χ1v) is 7.37. The van der Waals surface area contributed by atoms with Crippen molar-refractivity contribution in [2.45, 2.75) is 32.8 Å². The highest BCUT2D eigenvalue weighted by molar-refractivity contribution is 5.77. The molecule has 0 aromatic rings. The lowest BCUT2D eigenvalue weighted by Crippen LogP contribution is -2.54. The molecule has 1 N–H and O–H groups in total. The first-order chi connectivity index (χ1) is 9.49. The minimum atomic E-state index is -0.999. The Kier molecular flexibility index (Phi) is 4.86. The number of carboxylic acid groups (broad SMARTS) is 1. The number of ether oxygens (including phenoxy) is 1. The van der Waals surface area contributed by atoms with Crippen LogP contribution < -0.4 is 0 Å². The molecule has 0 spiro atoms. The maximum Gasteiger partial charge on any atom is 0.334 e. The molecule has 6 nitrogen and oxygen atoms in total. The van der Waals surface area contributed by atoms with Gasteiger partial charge in [-0.05, 0) is 24.7 Å². The highest BCUT2D eigenvalue weighted by Crippen LogP contribution is 2.25. The average molecular weight is 284 g/mol. The van der Waals surface area contributed by atoms with Gasteiger partial charge in [0.1, 0.15) is 0 Å². The summed E-state index contributed by atoms with van der Waals surface area (Å²) in [7, 11) is 0. The van der Waals surface area contributed by atoms with Crippen LogP contribution in [0.3, 0.4) is 0 Å². The molecule has 20 heavy (non-hydrogen) atoms. The second-order valence-corrected chi connectivity index (χ2v) is 5.99. The second kappa shape index (κ2) is 6.43. The molecule has 0 aliphatic carbocycles. The fourth-order valence-electron chi connectivity index (χ4n) is 2.93. The van der Waals surface area contributed by atoms with Crippen molar-refractivity contribution < 1.29 is 19.4 Å². The van der Waals surface area contributed by atoms with E-state index in [1.807, 2.05) is 4.90 Å². The topological polar surface area (TPSA) is 70.1 Å². The Morgan fingerprint density at radius 2 is 1.80 bits per heavy atom. The number of urea groups is 1. The number of hydrogen-bond donors (Lipinski definition) is 1. The number of carbonyl (C=O) groups is 2. The fourth-order valence-corrected chi connectivity index (χ4v) is 2.93. The molecule has 0 saturated carbocycles. The van der Waals surface area contributed by atoms with Crippen LogP contribution in [0.2, 0.25) is 0 Å². The zero-order valence-electron chi connectivity index (χ0n) is 12.2. The summed E-state index contributed by atoms with van der Waals surface area (Å²) in [4.78, 5) is 26.8. The summed E-state index contributed by atoms with van der Waals surface area (Å²) in [6.45, 7) is 6.92. The van der Waals surface area contributed by atoms with E-state index < -0.39 is 12.1 Å². The summed E-state index contributed by atoms with van der Waals surface area (Å²) >= 11 is 0. The molecule has 2 aliphatic heterocycles. The van der Waals surface area contributed by atoms with Crippen molar-refractivity contribution in [1.82, 2.24) is 9.80 Å². The van der Waals surface area contributed by atoms with E-state index >= 15 is 0 Å². The van der Waals surface area contributed by atoms with Gasteiger partial charge in [-0.1, -0.05) is 13.8 Å². The zero-order valence-corrected chi connectivity index (χ0v) is 12.2. The van der Waals surface area contributed by atoms with Gasteiger partial charge in [0.15, 0.2) is 6.10 Å². The number of carboxylic acids is 1. The Balaban J connectivity index is 1.87. The number of piperidine rings is 1. The third kappa shape index (κ3) is 3.42. The number of rotatable bonds is 2. The van der Waals surface area contributed by atoms with E-state index in [0.717, 1.165) is 25.9 Å². The number of amides is 2. The zero-order chi connectivity index (χ0) is 14.7. The van der Waals surface area contributed by atoms with E-state index in [0.29, 0.717) is 25.0 Å². The van der Waals surface area contributed by atoms with Crippen LogP contribution in [0.1, 0.15) is 26.7 Å². The van der Waals surface area contributed by atoms with Gasteiger partial charge in [0.25, 0.3) is 0 Å². The van der Waals surface area contributed by atoms with E-state index in [9.17, 15) is 9.59 Å². The maximum absolute atomic E-state index is 12.4. The first-order valence-electron chi connectivity index (χ1n) is 7.37. The van der Waals surface area contributed by atoms with Crippen LogP contribution in [0.15, 0.2) is 0 Å². The van der Waals surface area contributed by atoms with Gasteiger partial charge in [0, 0.05) is 19.6 Å². The van der Waals surface area contributed by atoms with Crippen LogP contribution in [0.25, 0.3) is 0 Å². The molecule has 2 saturated heterocycles. The molecule has 0 aromatic carbocycles. The van der Waals surface area contributed by atoms with Crippen LogP contribution in [0.4, 0.5) is 4.79 Å². The summed E-state index contributed by atoms with van der Waals surface area (Å²) in [6.07, 6.45) is 1.19. The molecule has 2 amide bonds. The normalized spacial score (nSPS) is 25.1. The highest BCUT2D eigenvalue weighted by atomic mass is 16.5. The molecule has 0 radical (unpaired) electrons. The molecule has 6 heteroatoms. The van der Waals surface area contributed by atoms with Gasteiger partial charge in [0.2, 0.25) is 0 Å². The number of carbonyl (C=O) groups excluding carboxylic acids is 1. The minimum absolute atomic E-state index is 0.0400. The van der Waals surface area contributed by atoms with Crippen LogP contribution in [-0.2, 0) is 9.53 Å². The summed E-state index contributed by atoms with van der Waals surface area (Å²) in [6, 6.07) is -0.0400. The molecule has 2 aliphatic rings. The highest BCUT2D eigenvalue weighted by Gasteiger charge is 2.33. The summed E-state index contributed by atoms with van der Waals surface area (Å²) in [5.41, 5.74) is 0. The van der Waals surface area contributed by atoms with Gasteiger partial charge in [-0.25, -0.2) is 9.59 Å². The van der Waals surface area contributed by atoms with Crippen molar-refractivity contribution in [2.24, 2.45) is 11.8 Å². The predicted octanol–water partition coefficient (Wildman–Crippen LogP) is 1.26. The molecule has 0 bridgehead atoms.